The minimum absolute atomic E-state index is 0.00828. The van der Waals surface area contributed by atoms with Crippen molar-refractivity contribution < 1.29 is 19.4 Å². The third-order valence-electron chi connectivity index (χ3n) is 1.92. The highest BCUT2D eigenvalue weighted by Gasteiger charge is 2.22. The summed E-state index contributed by atoms with van der Waals surface area (Å²) in [7, 11) is 0. The highest BCUT2D eigenvalue weighted by atomic mass is 16.6. The minimum Gasteiger partial charge on any atom is -0.492 e. The maximum absolute atomic E-state index is 11.4. The number of hydrogen-bond donors (Lipinski definition) is 1. The van der Waals surface area contributed by atoms with E-state index in [0.29, 0.717) is 12.2 Å². The number of allylic oxidation sites excluding steroid dienone is 1. The van der Waals surface area contributed by atoms with Crippen LogP contribution in [0, 0.1) is 0 Å². The maximum atomic E-state index is 11.4. The van der Waals surface area contributed by atoms with Gasteiger partial charge in [0.05, 0.1) is 12.7 Å². The Kier molecular flexibility index (Phi) is 3.74. The molecule has 0 radical (unpaired) electrons. The van der Waals surface area contributed by atoms with Crippen molar-refractivity contribution in [1.82, 2.24) is 0 Å². The lowest BCUT2D eigenvalue weighted by Crippen LogP contribution is -2.22. The summed E-state index contributed by atoms with van der Waals surface area (Å²) in [6.45, 7) is 5.44. The van der Waals surface area contributed by atoms with Crippen molar-refractivity contribution in [3.8, 4) is 0 Å². The highest BCUT2D eigenvalue weighted by molar-refractivity contribution is 5.82. The molecule has 0 aromatic carbocycles. The van der Waals surface area contributed by atoms with Crippen molar-refractivity contribution in [3.63, 3.8) is 0 Å². The molecule has 0 aliphatic carbocycles. The lowest BCUT2D eigenvalue weighted by atomic mass is 10.2. The van der Waals surface area contributed by atoms with Crippen LogP contribution < -0.4 is 0 Å². The maximum Gasteiger partial charge on any atom is 0.334 e. The molecule has 0 saturated carbocycles. The van der Waals surface area contributed by atoms with Crippen LogP contribution in [0.5, 0.6) is 0 Å². The zero-order valence-corrected chi connectivity index (χ0v) is 9.45. The number of esters is 1. The SMILES string of the molecule is CC(C)(C)OC(=O)/C=C1/CC[C@H](CO)O1. The number of aliphatic hydroxyl groups excluding tert-OH is 1. The molecule has 4 heteroatoms. The lowest BCUT2D eigenvalue weighted by molar-refractivity contribution is -0.148. The van der Waals surface area contributed by atoms with Crippen molar-refractivity contribution in [2.45, 2.75) is 45.3 Å². The van der Waals surface area contributed by atoms with Crippen LogP contribution in [0.4, 0.5) is 0 Å². The summed E-state index contributed by atoms with van der Waals surface area (Å²) in [5, 5.41) is 8.84. The summed E-state index contributed by atoms with van der Waals surface area (Å²) in [4.78, 5) is 11.4. The van der Waals surface area contributed by atoms with Crippen molar-refractivity contribution >= 4 is 5.97 Å². The molecule has 1 heterocycles. The standard InChI is InChI=1S/C11H18O4/c1-11(2,3)15-10(13)6-8-4-5-9(7-12)14-8/h6,9,12H,4-5,7H2,1-3H3/b8-6-/t9-/m1/s1. The number of carbonyl (C=O) groups is 1. The molecule has 15 heavy (non-hydrogen) atoms. The topological polar surface area (TPSA) is 55.8 Å². The van der Waals surface area contributed by atoms with Gasteiger partial charge in [-0.1, -0.05) is 0 Å². The number of hydrogen-bond acceptors (Lipinski definition) is 4. The van der Waals surface area contributed by atoms with Gasteiger partial charge in [-0.15, -0.1) is 0 Å². The van der Waals surface area contributed by atoms with Gasteiger partial charge in [0.15, 0.2) is 0 Å². The van der Waals surface area contributed by atoms with E-state index in [2.05, 4.69) is 0 Å². The third-order valence-corrected chi connectivity index (χ3v) is 1.92. The Labute approximate surface area is 89.9 Å². The van der Waals surface area contributed by atoms with Crippen LogP contribution in [0.2, 0.25) is 0 Å². The first-order valence-electron chi connectivity index (χ1n) is 5.12. The molecule has 0 bridgehead atoms. The zero-order chi connectivity index (χ0) is 11.5. The molecule has 0 spiro atoms. The summed E-state index contributed by atoms with van der Waals surface area (Å²) in [5.41, 5.74) is -0.483. The molecule has 0 unspecified atom stereocenters. The molecule has 4 nitrogen and oxygen atoms in total. The average molecular weight is 214 g/mol. The van der Waals surface area contributed by atoms with Gasteiger partial charge in [-0.2, -0.15) is 0 Å². The molecule has 0 aromatic rings. The molecule has 1 rings (SSSR count). The van der Waals surface area contributed by atoms with Gasteiger partial charge in [0, 0.05) is 6.42 Å². The Morgan fingerprint density at radius 3 is 2.80 bits per heavy atom. The summed E-state index contributed by atoms with van der Waals surface area (Å²) >= 11 is 0. The first kappa shape index (κ1) is 12.0. The zero-order valence-electron chi connectivity index (χ0n) is 9.45. The fourth-order valence-corrected chi connectivity index (χ4v) is 1.33. The Bertz CT molecular complexity index is 262. The van der Waals surface area contributed by atoms with Gasteiger partial charge < -0.3 is 14.6 Å². The van der Waals surface area contributed by atoms with Gasteiger partial charge in [-0.05, 0) is 27.2 Å². The van der Waals surface area contributed by atoms with Crippen LogP contribution in [0.15, 0.2) is 11.8 Å². The summed E-state index contributed by atoms with van der Waals surface area (Å²) in [6, 6.07) is 0. The van der Waals surface area contributed by atoms with Crippen molar-refractivity contribution in [1.29, 1.82) is 0 Å². The second-order valence-corrected chi connectivity index (χ2v) is 4.61. The summed E-state index contributed by atoms with van der Waals surface area (Å²) in [5.74, 6) is 0.208. The van der Waals surface area contributed by atoms with E-state index >= 15 is 0 Å². The fourth-order valence-electron chi connectivity index (χ4n) is 1.33. The van der Waals surface area contributed by atoms with Gasteiger partial charge in [-0.25, -0.2) is 4.79 Å². The minimum atomic E-state index is -0.483. The van der Waals surface area contributed by atoms with E-state index in [1.807, 2.05) is 20.8 Å². The molecule has 1 N–H and O–H groups in total. The first-order valence-corrected chi connectivity index (χ1v) is 5.12. The van der Waals surface area contributed by atoms with Crippen LogP contribution in [0.1, 0.15) is 33.6 Å². The summed E-state index contributed by atoms with van der Waals surface area (Å²) < 4.78 is 10.4. The Morgan fingerprint density at radius 1 is 1.67 bits per heavy atom. The number of ether oxygens (including phenoxy) is 2. The molecule has 0 aromatic heterocycles. The van der Waals surface area contributed by atoms with E-state index in [1.54, 1.807) is 0 Å². The van der Waals surface area contributed by atoms with Crippen LogP contribution in [-0.4, -0.2) is 29.4 Å². The van der Waals surface area contributed by atoms with Gasteiger partial charge in [-0.3, -0.25) is 0 Å². The molecular weight excluding hydrogens is 196 g/mol. The molecule has 1 aliphatic heterocycles. The van der Waals surface area contributed by atoms with E-state index in [0.717, 1.165) is 6.42 Å². The van der Waals surface area contributed by atoms with E-state index in [-0.39, 0.29) is 12.7 Å². The monoisotopic (exact) mass is 214 g/mol. The Morgan fingerprint density at radius 2 is 2.33 bits per heavy atom. The van der Waals surface area contributed by atoms with Gasteiger partial charge >= 0.3 is 5.97 Å². The molecular formula is C11H18O4. The highest BCUT2D eigenvalue weighted by Crippen LogP contribution is 2.22. The predicted octanol–water partition coefficient (Wildman–Crippen LogP) is 1.38. The van der Waals surface area contributed by atoms with Crippen LogP contribution in [-0.2, 0) is 14.3 Å². The normalized spacial score (nSPS) is 24.0. The van der Waals surface area contributed by atoms with Gasteiger partial charge in [0.2, 0.25) is 0 Å². The molecule has 86 valence electrons. The average Bonchev–Trinajstić information content (AvgIpc) is 2.48. The number of rotatable bonds is 2. The van der Waals surface area contributed by atoms with Crippen molar-refractivity contribution in [3.05, 3.63) is 11.8 Å². The van der Waals surface area contributed by atoms with Crippen LogP contribution in [0.3, 0.4) is 0 Å². The smallest absolute Gasteiger partial charge is 0.334 e. The first-order chi connectivity index (χ1) is 6.90. The largest absolute Gasteiger partial charge is 0.492 e. The van der Waals surface area contributed by atoms with Crippen LogP contribution in [0.25, 0.3) is 0 Å². The van der Waals surface area contributed by atoms with Gasteiger partial charge in [0.25, 0.3) is 0 Å². The Balaban J connectivity index is 2.47. The number of carbonyl (C=O) groups excluding carboxylic acids is 1. The van der Waals surface area contributed by atoms with Crippen molar-refractivity contribution in [2.75, 3.05) is 6.61 Å². The van der Waals surface area contributed by atoms with E-state index in [1.165, 1.54) is 6.08 Å². The van der Waals surface area contributed by atoms with E-state index in [4.69, 9.17) is 14.6 Å². The molecule has 1 saturated heterocycles. The molecule has 0 amide bonds. The Hall–Kier alpha value is -1.03. The predicted molar refractivity (Wildman–Crippen MR) is 55.1 cm³/mol. The van der Waals surface area contributed by atoms with E-state index in [9.17, 15) is 4.79 Å². The van der Waals surface area contributed by atoms with Crippen molar-refractivity contribution in [2.24, 2.45) is 0 Å². The second-order valence-electron chi connectivity index (χ2n) is 4.61. The lowest BCUT2D eigenvalue weighted by Gasteiger charge is -2.18. The molecule has 1 atom stereocenters. The fraction of sp³-hybridized carbons (Fsp3) is 0.727. The molecule has 1 fully saturated rings. The van der Waals surface area contributed by atoms with Crippen LogP contribution >= 0.6 is 0 Å². The van der Waals surface area contributed by atoms with E-state index < -0.39 is 11.6 Å². The molecule has 1 aliphatic rings. The second kappa shape index (κ2) is 4.66. The third kappa shape index (κ3) is 4.34. The quantitative estimate of drug-likeness (QED) is 0.557. The number of aliphatic hydroxyl groups is 1. The van der Waals surface area contributed by atoms with Gasteiger partial charge in [0.1, 0.15) is 17.5 Å². The summed E-state index contributed by atoms with van der Waals surface area (Å²) in [6.07, 6.45) is 2.63.